The first-order chi connectivity index (χ1) is 19.8. The number of non-ortho nitro benzene ring substituents is 1. The fourth-order valence-electron chi connectivity index (χ4n) is 6.05. The fourth-order valence-corrected chi connectivity index (χ4v) is 6.05. The van der Waals surface area contributed by atoms with Crippen LogP contribution in [0.5, 0.6) is 0 Å². The van der Waals surface area contributed by atoms with Crippen LogP contribution >= 0.6 is 0 Å². The molecule has 0 radical (unpaired) electrons. The highest BCUT2D eigenvalue weighted by atomic mass is 16.6. The number of hydrogen-bond donors (Lipinski definition) is 0. The zero-order valence-corrected chi connectivity index (χ0v) is 23.7. The SMILES string of the molecule is Cc1cc(C(=O)COC(=O)c2cc([N+](=O)[O-])ccc2N2CCC(Cc3ccccc3)CC2)c(C)n1C[C@@H]1CCCO1. The molecular weight excluding hydrogens is 522 g/mol. The molecule has 0 bridgehead atoms. The molecule has 216 valence electrons. The molecule has 2 aliphatic rings. The van der Waals surface area contributed by atoms with Crippen molar-refractivity contribution in [3.63, 3.8) is 0 Å². The predicted octanol–water partition coefficient (Wildman–Crippen LogP) is 5.69. The van der Waals surface area contributed by atoms with E-state index < -0.39 is 17.5 Å². The van der Waals surface area contributed by atoms with E-state index >= 15 is 0 Å². The molecule has 2 aliphatic heterocycles. The number of ketones is 1. The Bertz CT molecular complexity index is 1400. The second-order valence-corrected chi connectivity index (χ2v) is 11.1. The Morgan fingerprint density at radius 3 is 2.46 bits per heavy atom. The summed E-state index contributed by atoms with van der Waals surface area (Å²) in [5.41, 5.74) is 4.09. The smallest absolute Gasteiger partial charge is 0.340 e. The second-order valence-electron chi connectivity index (χ2n) is 11.1. The van der Waals surface area contributed by atoms with E-state index in [4.69, 9.17) is 9.47 Å². The van der Waals surface area contributed by atoms with Crippen LogP contribution in [0.2, 0.25) is 0 Å². The number of anilines is 1. The summed E-state index contributed by atoms with van der Waals surface area (Å²) in [5, 5.41) is 11.5. The molecule has 41 heavy (non-hydrogen) atoms. The van der Waals surface area contributed by atoms with Gasteiger partial charge in [0, 0.05) is 55.3 Å². The molecule has 0 unspecified atom stereocenters. The molecule has 0 spiro atoms. The summed E-state index contributed by atoms with van der Waals surface area (Å²) in [7, 11) is 0. The standard InChI is InChI=1S/C32H37N3O6/c1-22-17-28(23(2)34(22)20-27-9-6-16-40-27)31(36)21-41-32(37)29-19-26(35(38)39)10-11-30(29)33-14-12-25(13-15-33)18-24-7-4-3-5-8-24/h3-5,7-8,10-11,17,19,25,27H,6,9,12-16,18,20-21H2,1-2H3/t27-/m0/s1. The average Bonchev–Trinajstić information content (AvgIpc) is 3.60. The maximum Gasteiger partial charge on any atom is 0.340 e. The number of rotatable bonds is 10. The van der Waals surface area contributed by atoms with Crippen molar-refractivity contribution in [2.45, 2.75) is 58.6 Å². The number of nitro benzene ring substituents is 1. The van der Waals surface area contributed by atoms with Crippen LogP contribution in [0.3, 0.4) is 0 Å². The van der Waals surface area contributed by atoms with Crippen LogP contribution in [0, 0.1) is 29.9 Å². The van der Waals surface area contributed by atoms with Crippen molar-refractivity contribution in [1.82, 2.24) is 4.57 Å². The number of hydrogen-bond acceptors (Lipinski definition) is 7. The minimum atomic E-state index is -0.739. The first kappa shape index (κ1) is 28.5. The zero-order chi connectivity index (χ0) is 28.9. The largest absolute Gasteiger partial charge is 0.454 e. The molecular formula is C32H37N3O6. The minimum Gasteiger partial charge on any atom is -0.454 e. The molecule has 3 heterocycles. The third-order valence-corrected chi connectivity index (χ3v) is 8.35. The lowest BCUT2D eigenvalue weighted by atomic mass is 9.90. The molecule has 0 saturated carbocycles. The molecule has 5 rings (SSSR count). The molecule has 0 aliphatic carbocycles. The summed E-state index contributed by atoms with van der Waals surface area (Å²) in [6.45, 7) is 6.29. The van der Waals surface area contributed by atoms with Gasteiger partial charge in [0.2, 0.25) is 5.78 Å². The van der Waals surface area contributed by atoms with Crippen LogP contribution in [0.15, 0.2) is 54.6 Å². The first-order valence-electron chi connectivity index (χ1n) is 14.4. The number of benzene rings is 2. The number of Topliss-reactive ketones (excluding diaryl/α,β-unsaturated/α-hetero) is 1. The van der Waals surface area contributed by atoms with Gasteiger partial charge in [-0.15, -0.1) is 0 Å². The van der Waals surface area contributed by atoms with Crippen molar-refractivity contribution in [3.8, 4) is 0 Å². The number of nitro groups is 1. The fraction of sp³-hybridized carbons (Fsp3) is 0.438. The van der Waals surface area contributed by atoms with Crippen molar-refractivity contribution in [1.29, 1.82) is 0 Å². The Kier molecular flexibility index (Phi) is 8.83. The van der Waals surface area contributed by atoms with Gasteiger partial charge in [-0.05, 0) is 69.6 Å². The van der Waals surface area contributed by atoms with Crippen LogP contribution in [0.1, 0.15) is 63.4 Å². The van der Waals surface area contributed by atoms with Gasteiger partial charge in [0.1, 0.15) is 0 Å². The molecule has 0 N–H and O–H groups in total. The summed E-state index contributed by atoms with van der Waals surface area (Å²) in [6, 6.07) is 16.5. The maximum atomic E-state index is 13.3. The Balaban J connectivity index is 1.26. The molecule has 0 amide bonds. The summed E-state index contributed by atoms with van der Waals surface area (Å²) >= 11 is 0. The number of aromatic nitrogens is 1. The van der Waals surface area contributed by atoms with Gasteiger partial charge in [-0.2, -0.15) is 0 Å². The Labute approximate surface area is 240 Å². The summed E-state index contributed by atoms with van der Waals surface area (Å²) in [4.78, 5) is 39.4. The normalized spacial score (nSPS) is 17.5. The van der Waals surface area contributed by atoms with Gasteiger partial charge in [-0.25, -0.2) is 4.79 Å². The van der Waals surface area contributed by atoms with E-state index in [0.717, 1.165) is 63.2 Å². The summed E-state index contributed by atoms with van der Waals surface area (Å²) < 4.78 is 13.3. The van der Waals surface area contributed by atoms with Gasteiger partial charge >= 0.3 is 5.97 Å². The van der Waals surface area contributed by atoms with Crippen molar-refractivity contribution >= 4 is 23.1 Å². The summed E-state index contributed by atoms with van der Waals surface area (Å²) in [5.74, 6) is -0.519. The van der Waals surface area contributed by atoms with E-state index in [-0.39, 0.29) is 23.1 Å². The van der Waals surface area contributed by atoms with Crippen molar-refractivity contribution in [2.75, 3.05) is 31.2 Å². The van der Waals surface area contributed by atoms with Gasteiger partial charge in [0.15, 0.2) is 6.61 Å². The third-order valence-electron chi connectivity index (χ3n) is 8.35. The van der Waals surface area contributed by atoms with Gasteiger partial charge < -0.3 is 18.9 Å². The van der Waals surface area contributed by atoms with Crippen LogP contribution < -0.4 is 4.90 Å². The van der Waals surface area contributed by atoms with E-state index in [9.17, 15) is 19.7 Å². The average molecular weight is 560 g/mol. The van der Waals surface area contributed by atoms with Crippen molar-refractivity contribution < 1.29 is 24.0 Å². The highest BCUT2D eigenvalue weighted by Gasteiger charge is 2.27. The number of esters is 1. The third kappa shape index (κ3) is 6.68. The topological polar surface area (TPSA) is 104 Å². The monoisotopic (exact) mass is 559 g/mol. The lowest BCUT2D eigenvalue weighted by molar-refractivity contribution is -0.384. The predicted molar refractivity (Wildman–Crippen MR) is 156 cm³/mol. The number of ether oxygens (including phenoxy) is 2. The highest BCUT2D eigenvalue weighted by molar-refractivity contribution is 6.02. The second kappa shape index (κ2) is 12.7. The Morgan fingerprint density at radius 2 is 1.78 bits per heavy atom. The van der Waals surface area contributed by atoms with Crippen LogP contribution in [-0.2, 0) is 22.4 Å². The number of carbonyl (C=O) groups is 2. The van der Waals surface area contributed by atoms with E-state index in [1.165, 1.54) is 17.7 Å². The molecule has 9 heteroatoms. The van der Waals surface area contributed by atoms with Crippen molar-refractivity contribution in [2.24, 2.45) is 5.92 Å². The van der Waals surface area contributed by atoms with Crippen LogP contribution in [0.4, 0.5) is 11.4 Å². The lowest BCUT2D eigenvalue weighted by Gasteiger charge is -2.34. The van der Waals surface area contributed by atoms with E-state index in [2.05, 4.69) is 21.6 Å². The Morgan fingerprint density at radius 1 is 1.02 bits per heavy atom. The highest BCUT2D eigenvalue weighted by Crippen LogP contribution is 2.31. The number of carbonyl (C=O) groups excluding carboxylic acids is 2. The molecule has 3 aromatic rings. The van der Waals surface area contributed by atoms with Crippen molar-refractivity contribution in [3.05, 3.63) is 92.8 Å². The quantitative estimate of drug-likeness (QED) is 0.136. The lowest BCUT2D eigenvalue weighted by Crippen LogP contribution is -2.35. The molecule has 9 nitrogen and oxygen atoms in total. The summed E-state index contributed by atoms with van der Waals surface area (Å²) in [6.07, 6.45) is 5.06. The molecule has 1 atom stereocenters. The van der Waals surface area contributed by atoms with Crippen LogP contribution in [0.25, 0.3) is 0 Å². The maximum absolute atomic E-state index is 13.3. The van der Waals surface area contributed by atoms with E-state index in [1.54, 1.807) is 6.07 Å². The van der Waals surface area contributed by atoms with Gasteiger partial charge in [0.05, 0.1) is 22.3 Å². The van der Waals surface area contributed by atoms with E-state index in [0.29, 0.717) is 23.7 Å². The molecule has 2 aromatic carbocycles. The van der Waals surface area contributed by atoms with E-state index in [1.807, 2.05) is 38.1 Å². The van der Waals surface area contributed by atoms with Gasteiger partial charge in [0.25, 0.3) is 5.69 Å². The number of nitrogens with zero attached hydrogens (tertiary/aromatic N) is 3. The number of piperidine rings is 1. The molecule has 2 fully saturated rings. The molecule has 1 aromatic heterocycles. The van der Waals surface area contributed by atoms with Crippen LogP contribution in [-0.4, -0.2) is 53.7 Å². The Hall–Kier alpha value is -3.98. The van der Waals surface area contributed by atoms with Gasteiger partial charge in [-0.1, -0.05) is 30.3 Å². The first-order valence-corrected chi connectivity index (χ1v) is 14.4. The molecule has 2 saturated heterocycles. The number of aryl methyl sites for hydroxylation is 1. The minimum absolute atomic E-state index is 0.109. The van der Waals surface area contributed by atoms with Gasteiger partial charge in [-0.3, -0.25) is 14.9 Å². The zero-order valence-electron chi connectivity index (χ0n) is 23.7.